The maximum Gasteiger partial charge on any atom is 0.223 e. The van der Waals surface area contributed by atoms with Crippen LogP contribution in [0.4, 0.5) is 0 Å². The molecule has 3 rings (SSSR count). The van der Waals surface area contributed by atoms with E-state index in [-0.39, 0.29) is 11.8 Å². The molecule has 2 heterocycles. The predicted octanol–water partition coefficient (Wildman–Crippen LogP) is 3.03. The molecule has 1 saturated carbocycles. The van der Waals surface area contributed by atoms with E-state index >= 15 is 0 Å². The zero-order chi connectivity index (χ0) is 11.7. The Balaban J connectivity index is 1.62. The quantitative estimate of drug-likeness (QED) is 0.902. The van der Waals surface area contributed by atoms with E-state index in [2.05, 4.69) is 16.8 Å². The SMILES string of the molecule is O=C(NCc1cc(-c2ccoc2)cs1)C1CC1. The molecular weight excluding hydrogens is 234 g/mol. The van der Waals surface area contributed by atoms with E-state index in [0.29, 0.717) is 6.54 Å². The third-order valence-corrected chi connectivity index (χ3v) is 3.83. The molecule has 0 bridgehead atoms. The average Bonchev–Trinajstić information content (AvgIpc) is 2.87. The van der Waals surface area contributed by atoms with Crippen LogP contribution >= 0.6 is 11.3 Å². The number of nitrogens with one attached hydrogen (secondary N) is 1. The van der Waals surface area contributed by atoms with Crippen molar-refractivity contribution in [2.45, 2.75) is 19.4 Å². The molecule has 0 atom stereocenters. The molecule has 88 valence electrons. The molecule has 17 heavy (non-hydrogen) atoms. The molecule has 1 amide bonds. The number of amides is 1. The summed E-state index contributed by atoms with van der Waals surface area (Å²) < 4.78 is 5.05. The molecule has 0 unspecified atom stereocenters. The molecule has 4 heteroatoms. The smallest absolute Gasteiger partial charge is 0.223 e. The first-order chi connectivity index (χ1) is 8.33. The summed E-state index contributed by atoms with van der Waals surface area (Å²) in [5.41, 5.74) is 2.24. The second-order valence-electron chi connectivity index (χ2n) is 4.31. The van der Waals surface area contributed by atoms with Crippen LogP contribution in [0.5, 0.6) is 0 Å². The number of thiophene rings is 1. The van der Waals surface area contributed by atoms with Gasteiger partial charge in [0.05, 0.1) is 19.1 Å². The average molecular weight is 247 g/mol. The monoisotopic (exact) mass is 247 g/mol. The Kier molecular flexibility index (Phi) is 2.73. The van der Waals surface area contributed by atoms with Crippen molar-refractivity contribution >= 4 is 17.2 Å². The van der Waals surface area contributed by atoms with Gasteiger partial charge < -0.3 is 9.73 Å². The zero-order valence-corrected chi connectivity index (χ0v) is 10.1. The highest BCUT2D eigenvalue weighted by Crippen LogP contribution is 2.29. The number of rotatable bonds is 4. The highest BCUT2D eigenvalue weighted by Gasteiger charge is 2.29. The van der Waals surface area contributed by atoms with Crippen molar-refractivity contribution in [3.63, 3.8) is 0 Å². The van der Waals surface area contributed by atoms with Gasteiger partial charge in [-0.05, 0) is 35.9 Å². The van der Waals surface area contributed by atoms with Crippen LogP contribution in [-0.2, 0) is 11.3 Å². The van der Waals surface area contributed by atoms with Crippen LogP contribution in [0.25, 0.3) is 11.1 Å². The summed E-state index contributed by atoms with van der Waals surface area (Å²) in [7, 11) is 0. The van der Waals surface area contributed by atoms with Crippen molar-refractivity contribution in [1.29, 1.82) is 0 Å². The summed E-state index contributed by atoms with van der Waals surface area (Å²) in [6.07, 6.45) is 5.50. The van der Waals surface area contributed by atoms with Crippen LogP contribution in [-0.4, -0.2) is 5.91 Å². The molecule has 2 aromatic heterocycles. The minimum Gasteiger partial charge on any atom is -0.472 e. The lowest BCUT2D eigenvalue weighted by Crippen LogP contribution is -2.23. The summed E-state index contributed by atoms with van der Waals surface area (Å²) in [5.74, 6) is 0.478. The van der Waals surface area contributed by atoms with Gasteiger partial charge in [0, 0.05) is 16.4 Å². The molecule has 1 aliphatic rings. The Bertz CT molecular complexity index is 511. The maximum atomic E-state index is 11.5. The number of hydrogen-bond acceptors (Lipinski definition) is 3. The number of carbonyl (C=O) groups excluding carboxylic acids is 1. The van der Waals surface area contributed by atoms with E-state index in [0.717, 1.165) is 24.0 Å². The Morgan fingerprint density at radius 3 is 3.06 bits per heavy atom. The predicted molar refractivity (Wildman–Crippen MR) is 66.6 cm³/mol. The summed E-state index contributed by atoms with van der Waals surface area (Å²) in [6.45, 7) is 0.637. The second kappa shape index (κ2) is 4.37. The van der Waals surface area contributed by atoms with E-state index < -0.39 is 0 Å². The Morgan fingerprint density at radius 1 is 1.47 bits per heavy atom. The summed E-state index contributed by atoms with van der Waals surface area (Å²) >= 11 is 1.67. The Labute approximate surface area is 103 Å². The van der Waals surface area contributed by atoms with Crippen LogP contribution in [0.1, 0.15) is 17.7 Å². The van der Waals surface area contributed by atoms with Gasteiger partial charge in [-0.1, -0.05) is 0 Å². The summed E-state index contributed by atoms with van der Waals surface area (Å²) in [4.78, 5) is 12.7. The van der Waals surface area contributed by atoms with E-state index in [9.17, 15) is 4.79 Å². The summed E-state index contributed by atoms with van der Waals surface area (Å²) in [5, 5.41) is 5.05. The molecule has 0 aliphatic heterocycles. The van der Waals surface area contributed by atoms with Gasteiger partial charge in [-0.3, -0.25) is 4.79 Å². The fourth-order valence-electron chi connectivity index (χ4n) is 1.72. The molecule has 0 radical (unpaired) electrons. The van der Waals surface area contributed by atoms with Crippen molar-refractivity contribution in [1.82, 2.24) is 5.32 Å². The Hall–Kier alpha value is -1.55. The van der Waals surface area contributed by atoms with Gasteiger partial charge in [-0.25, -0.2) is 0 Å². The molecule has 1 fully saturated rings. The van der Waals surface area contributed by atoms with E-state index in [1.807, 2.05) is 6.07 Å². The van der Waals surface area contributed by atoms with Crippen molar-refractivity contribution < 1.29 is 9.21 Å². The molecule has 0 aromatic carbocycles. The normalized spacial score (nSPS) is 14.8. The maximum absolute atomic E-state index is 11.5. The third-order valence-electron chi connectivity index (χ3n) is 2.89. The lowest BCUT2D eigenvalue weighted by Gasteiger charge is -2.00. The van der Waals surface area contributed by atoms with E-state index in [1.54, 1.807) is 23.9 Å². The standard InChI is InChI=1S/C13H13NO2S/c15-13(9-1-2-9)14-6-12-5-11(8-17-12)10-3-4-16-7-10/h3-5,7-9H,1-2,6H2,(H,14,15). The van der Waals surface area contributed by atoms with Crippen molar-refractivity contribution in [3.8, 4) is 11.1 Å². The number of furan rings is 1. The molecule has 1 aliphatic carbocycles. The fourth-order valence-corrected chi connectivity index (χ4v) is 2.55. The molecule has 1 N–H and O–H groups in total. The van der Waals surface area contributed by atoms with Gasteiger partial charge in [0.25, 0.3) is 0 Å². The molecule has 2 aromatic rings. The van der Waals surface area contributed by atoms with Crippen LogP contribution < -0.4 is 5.32 Å². The van der Waals surface area contributed by atoms with Crippen LogP contribution in [0.15, 0.2) is 34.5 Å². The largest absolute Gasteiger partial charge is 0.472 e. The fraction of sp³-hybridized carbons (Fsp3) is 0.308. The van der Waals surface area contributed by atoms with Gasteiger partial charge >= 0.3 is 0 Å². The number of hydrogen-bond donors (Lipinski definition) is 1. The van der Waals surface area contributed by atoms with Gasteiger partial charge in [0.15, 0.2) is 0 Å². The minimum absolute atomic E-state index is 0.197. The van der Waals surface area contributed by atoms with Gasteiger partial charge in [0.2, 0.25) is 5.91 Å². The lowest BCUT2D eigenvalue weighted by atomic mass is 10.2. The molecular formula is C13H13NO2S. The van der Waals surface area contributed by atoms with Gasteiger partial charge in [-0.15, -0.1) is 11.3 Å². The van der Waals surface area contributed by atoms with Crippen molar-refractivity contribution in [2.24, 2.45) is 5.92 Å². The van der Waals surface area contributed by atoms with Crippen molar-refractivity contribution in [2.75, 3.05) is 0 Å². The first-order valence-electron chi connectivity index (χ1n) is 5.70. The lowest BCUT2D eigenvalue weighted by molar-refractivity contribution is -0.122. The topological polar surface area (TPSA) is 42.2 Å². The first kappa shape index (κ1) is 10.6. The van der Waals surface area contributed by atoms with Crippen LogP contribution in [0, 0.1) is 5.92 Å². The highest BCUT2D eigenvalue weighted by atomic mass is 32.1. The van der Waals surface area contributed by atoms with Gasteiger partial charge in [-0.2, -0.15) is 0 Å². The van der Waals surface area contributed by atoms with Crippen molar-refractivity contribution in [3.05, 3.63) is 34.9 Å². The van der Waals surface area contributed by atoms with E-state index in [4.69, 9.17) is 4.42 Å². The van der Waals surface area contributed by atoms with E-state index in [1.165, 1.54) is 4.88 Å². The molecule has 0 spiro atoms. The molecule has 3 nitrogen and oxygen atoms in total. The first-order valence-corrected chi connectivity index (χ1v) is 6.58. The summed E-state index contributed by atoms with van der Waals surface area (Å²) in [6, 6.07) is 4.04. The van der Waals surface area contributed by atoms with Gasteiger partial charge in [0.1, 0.15) is 0 Å². The second-order valence-corrected chi connectivity index (χ2v) is 5.30. The zero-order valence-electron chi connectivity index (χ0n) is 9.31. The Morgan fingerprint density at radius 2 is 2.35 bits per heavy atom. The number of carbonyl (C=O) groups is 1. The molecule has 0 saturated heterocycles. The van der Waals surface area contributed by atoms with Crippen LogP contribution in [0.3, 0.4) is 0 Å². The third kappa shape index (κ3) is 2.42. The van der Waals surface area contributed by atoms with Crippen LogP contribution in [0.2, 0.25) is 0 Å². The minimum atomic E-state index is 0.197. The highest BCUT2D eigenvalue weighted by molar-refractivity contribution is 7.10.